The van der Waals surface area contributed by atoms with Crippen LogP contribution in [0.5, 0.6) is 5.75 Å². The highest BCUT2D eigenvalue weighted by Crippen LogP contribution is 2.30. The number of fused-ring (bicyclic) bond motifs is 1. The zero-order chi connectivity index (χ0) is 22.5. The zero-order valence-electron chi connectivity index (χ0n) is 17.8. The van der Waals surface area contributed by atoms with Gasteiger partial charge in [-0.25, -0.2) is 4.79 Å². The summed E-state index contributed by atoms with van der Waals surface area (Å²) >= 11 is 0. The summed E-state index contributed by atoms with van der Waals surface area (Å²) in [4.78, 5) is 39.8. The Labute approximate surface area is 181 Å². The molecule has 10 nitrogen and oxygen atoms in total. The Morgan fingerprint density at radius 2 is 2.10 bits per heavy atom. The third-order valence-electron chi connectivity index (χ3n) is 5.41. The number of carboxylic acids is 1. The lowest BCUT2D eigenvalue weighted by atomic mass is 9.72. The summed E-state index contributed by atoms with van der Waals surface area (Å²) in [5, 5.41) is 25.5. The minimum atomic E-state index is -1.38. The molecule has 1 aromatic carbocycles. The first-order chi connectivity index (χ1) is 14.7. The van der Waals surface area contributed by atoms with Crippen LogP contribution >= 0.6 is 0 Å². The predicted octanol–water partition coefficient (Wildman–Crippen LogP) is -1.03. The van der Waals surface area contributed by atoms with Gasteiger partial charge >= 0.3 is 13.1 Å². The number of aromatic carboxylic acids is 1. The second-order valence-corrected chi connectivity index (χ2v) is 8.19. The molecule has 1 atom stereocenters. The number of hydrogen-bond donors (Lipinski definition) is 4. The molecule has 0 bridgehead atoms. The van der Waals surface area contributed by atoms with E-state index in [0.29, 0.717) is 24.7 Å². The molecule has 31 heavy (non-hydrogen) atoms. The van der Waals surface area contributed by atoms with Crippen LogP contribution in [0.4, 0.5) is 0 Å². The van der Waals surface area contributed by atoms with Crippen LogP contribution in [0, 0.1) is 0 Å². The number of benzene rings is 1. The third kappa shape index (κ3) is 5.96. The van der Waals surface area contributed by atoms with Gasteiger partial charge in [-0.15, -0.1) is 0 Å². The van der Waals surface area contributed by atoms with Gasteiger partial charge in [0.2, 0.25) is 11.8 Å². The Morgan fingerprint density at radius 3 is 2.77 bits per heavy atom. The molecule has 0 unspecified atom stereocenters. The van der Waals surface area contributed by atoms with Gasteiger partial charge in [0.05, 0.1) is 24.6 Å². The number of carbonyl (C=O) groups excluding carboxylic acids is 2. The van der Waals surface area contributed by atoms with Crippen LogP contribution in [0.2, 0.25) is 0 Å². The van der Waals surface area contributed by atoms with E-state index in [1.54, 1.807) is 12.1 Å². The maximum absolute atomic E-state index is 12.5. The van der Waals surface area contributed by atoms with E-state index in [1.807, 2.05) is 0 Å². The lowest BCUT2D eigenvalue weighted by Crippen LogP contribution is -2.57. The van der Waals surface area contributed by atoms with Crippen LogP contribution in [0.15, 0.2) is 18.2 Å². The van der Waals surface area contributed by atoms with Gasteiger partial charge in [-0.1, -0.05) is 26.0 Å². The van der Waals surface area contributed by atoms with Gasteiger partial charge in [0.15, 0.2) is 0 Å². The first kappa shape index (κ1) is 23.0. The fraction of sp³-hybridized carbons (Fsp3) is 0.550. The highest BCUT2D eigenvalue weighted by molar-refractivity contribution is 6.47. The number of hydrogen-bond acceptors (Lipinski definition) is 7. The molecular weight excluding hydrogens is 403 g/mol. The van der Waals surface area contributed by atoms with E-state index < -0.39 is 24.9 Å². The van der Waals surface area contributed by atoms with Crippen molar-refractivity contribution in [2.75, 3.05) is 39.3 Å². The molecule has 0 aliphatic carbocycles. The van der Waals surface area contributed by atoms with E-state index in [4.69, 9.17) is 4.65 Å². The molecule has 0 radical (unpaired) electrons. The molecule has 4 N–H and O–H groups in total. The molecule has 1 fully saturated rings. The average molecular weight is 432 g/mol. The second-order valence-electron chi connectivity index (χ2n) is 8.19. The van der Waals surface area contributed by atoms with Gasteiger partial charge < -0.3 is 30.3 Å². The van der Waals surface area contributed by atoms with Crippen LogP contribution in [-0.2, 0) is 16.0 Å². The van der Waals surface area contributed by atoms with Crippen molar-refractivity contribution in [2.45, 2.75) is 32.3 Å². The predicted molar refractivity (Wildman–Crippen MR) is 114 cm³/mol. The summed E-state index contributed by atoms with van der Waals surface area (Å²) < 4.78 is 5.38. The van der Waals surface area contributed by atoms with Gasteiger partial charge in [-0.3, -0.25) is 14.5 Å². The fourth-order valence-electron chi connectivity index (χ4n) is 3.77. The lowest BCUT2D eigenvalue weighted by Gasteiger charge is -2.34. The first-order valence-electron chi connectivity index (χ1n) is 10.5. The number of carboxylic acid groups (broad SMARTS) is 1. The van der Waals surface area contributed by atoms with E-state index in [0.717, 1.165) is 13.1 Å². The van der Waals surface area contributed by atoms with Crippen LogP contribution in [0.3, 0.4) is 0 Å². The molecular formula is C20H29BN4O6. The molecule has 2 aliphatic heterocycles. The molecule has 0 spiro atoms. The fourth-order valence-corrected chi connectivity index (χ4v) is 3.77. The van der Waals surface area contributed by atoms with E-state index >= 15 is 0 Å². The number of rotatable bonds is 8. The summed E-state index contributed by atoms with van der Waals surface area (Å²) in [5.41, 5.74) is 0.559. The Bertz CT molecular complexity index is 836. The summed E-state index contributed by atoms with van der Waals surface area (Å²) in [7, 11) is -1.38. The number of piperazine rings is 1. The Kier molecular flexibility index (Phi) is 7.53. The Morgan fingerprint density at radius 1 is 1.32 bits per heavy atom. The monoisotopic (exact) mass is 432 g/mol. The van der Waals surface area contributed by atoms with Gasteiger partial charge in [0, 0.05) is 32.2 Å². The quantitative estimate of drug-likeness (QED) is 0.384. The van der Waals surface area contributed by atoms with Crippen molar-refractivity contribution in [3.63, 3.8) is 0 Å². The van der Waals surface area contributed by atoms with Crippen molar-refractivity contribution in [1.29, 1.82) is 0 Å². The van der Waals surface area contributed by atoms with Crippen LogP contribution in [0.25, 0.3) is 0 Å². The van der Waals surface area contributed by atoms with E-state index in [9.17, 15) is 24.5 Å². The molecule has 2 aliphatic rings. The number of nitrogens with one attached hydrogen (secondary N) is 2. The van der Waals surface area contributed by atoms with Crippen LogP contribution < -0.4 is 15.3 Å². The summed E-state index contributed by atoms with van der Waals surface area (Å²) in [6.07, 6.45) is 0.230. The highest BCUT2D eigenvalue weighted by Gasteiger charge is 2.38. The van der Waals surface area contributed by atoms with Gasteiger partial charge in [-0.2, -0.15) is 0 Å². The Balaban J connectivity index is 1.50. The van der Waals surface area contributed by atoms with Crippen LogP contribution in [-0.4, -0.2) is 96.1 Å². The van der Waals surface area contributed by atoms with Gasteiger partial charge in [-0.05, 0) is 18.1 Å². The van der Waals surface area contributed by atoms with Gasteiger partial charge in [0.1, 0.15) is 5.75 Å². The van der Waals surface area contributed by atoms with Crippen molar-refractivity contribution in [1.82, 2.24) is 20.4 Å². The van der Waals surface area contributed by atoms with Crippen molar-refractivity contribution in [3.05, 3.63) is 29.3 Å². The number of nitrogens with zero attached hydrogens (tertiary/aromatic N) is 2. The van der Waals surface area contributed by atoms with Crippen molar-refractivity contribution in [2.24, 2.45) is 0 Å². The SMILES string of the molecule is CC(C)NCCN1CCN(CC(=O)N[C@H]2Cc3cccc(C(=O)O)c3OB2O)C(=O)C1. The molecule has 2 amide bonds. The molecule has 1 saturated heterocycles. The summed E-state index contributed by atoms with van der Waals surface area (Å²) in [5.74, 6) is -2.27. The van der Waals surface area contributed by atoms with Crippen molar-refractivity contribution < 1.29 is 29.2 Å². The van der Waals surface area contributed by atoms with E-state index in [2.05, 4.69) is 29.4 Å². The molecule has 168 valence electrons. The zero-order valence-corrected chi connectivity index (χ0v) is 17.8. The third-order valence-corrected chi connectivity index (χ3v) is 5.41. The number of carbonyl (C=O) groups is 3. The Hall–Kier alpha value is -2.63. The normalized spacial score (nSPS) is 19.2. The number of amides is 2. The molecule has 2 heterocycles. The molecule has 11 heteroatoms. The minimum absolute atomic E-state index is 0.0339. The van der Waals surface area contributed by atoms with E-state index in [-0.39, 0.29) is 36.7 Å². The number of para-hydroxylation sites is 1. The van der Waals surface area contributed by atoms with Gasteiger partial charge in [0.25, 0.3) is 0 Å². The summed E-state index contributed by atoms with van der Waals surface area (Å²) in [6.45, 7) is 7.04. The molecule has 1 aromatic rings. The largest absolute Gasteiger partial charge is 0.547 e. The van der Waals surface area contributed by atoms with Crippen molar-refractivity contribution >= 4 is 24.9 Å². The van der Waals surface area contributed by atoms with Crippen LogP contribution in [0.1, 0.15) is 29.8 Å². The highest BCUT2D eigenvalue weighted by atomic mass is 16.5. The molecule has 3 rings (SSSR count). The smallest absolute Gasteiger partial charge is 0.534 e. The lowest BCUT2D eigenvalue weighted by molar-refractivity contribution is -0.140. The molecule has 0 aromatic heterocycles. The maximum Gasteiger partial charge on any atom is 0.547 e. The minimum Gasteiger partial charge on any atom is -0.534 e. The summed E-state index contributed by atoms with van der Waals surface area (Å²) in [6, 6.07) is 5.08. The van der Waals surface area contributed by atoms with Crippen molar-refractivity contribution in [3.8, 4) is 5.75 Å². The average Bonchev–Trinajstić information content (AvgIpc) is 2.69. The maximum atomic E-state index is 12.5. The second kappa shape index (κ2) is 10.1. The first-order valence-corrected chi connectivity index (χ1v) is 10.5. The van der Waals surface area contributed by atoms with E-state index in [1.165, 1.54) is 11.0 Å². The molecule has 0 saturated carbocycles. The topological polar surface area (TPSA) is 131 Å². The standard InChI is InChI=1S/C20H29BN4O6/c1-13(2)22-6-7-24-8-9-25(18(27)12-24)11-17(26)23-16-10-14-4-3-5-15(20(28)29)19(14)31-21(16)30/h3-5,13,16,22,30H,6-12H2,1-2H3,(H,23,26)(H,28,29)/t16-/m0/s1.